The largest absolute Gasteiger partial charge is 0.358 e. The molecule has 5 heteroatoms. The Kier molecular flexibility index (Phi) is 5.49. The number of rotatable bonds is 7. The molecule has 112 valence electrons. The zero-order valence-corrected chi connectivity index (χ0v) is 13.0. The zero-order valence-electron chi connectivity index (χ0n) is 13.0. The number of hydrogen-bond acceptors (Lipinski definition) is 5. The molecule has 0 fully saturated rings. The minimum atomic E-state index is 0.143. The normalized spacial score (nSPS) is 12.0. The van der Waals surface area contributed by atoms with Crippen LogP contribution in [-0.2, 0) is 0 Å². The summed E-state index contributed by atoms with van der Waals surface area (Å²) in [6.45, 7) is 5.25. The Morgan fingerprint density at radius 3 is 2.71 bits per heavy atom. The maximum Gasteiger partial charge on any atom is 0.245 e. The second-order valence-electron chi connectivity index (χ2n) is 5.19. The first-order valence-electron chi connectivity index (χ1n) is 7.43. The summed E-state index contributed by atoms with van der Waals surface area (Å²) in [5.41, 5.74) is 1.20. The summed E-state index contributed by atoms with van der Waals surface area (Å²) < 4.78 is 0. The van der Waals surface area contributed by atoms with Crippen LogP contribution in [0.5, 0.6) is 0 Å². The quantitative estimate of drug-likeness (QED) is 0.846. The summed E-state index contributed by atoms with van der Waals surface area (Å²) in [5.74, 6) is 1.41. The Bertz CT molecular complexity index is 543. The van der Waals surface area contributed by atoms with Gasteiger partial charge in [0.1, 0.15) is 0 Å². The molecule has 1 aromatic carbocycles. The highest BCUT2D eigenvalue weighted by Gasteiger charge is 2.09. The van der Waals surface area contributed by atoms with Crippen molar-refractivity contribution < 1.29 is 0 Å². The molecule has 0 bridgehead atoms. The van der Waals surface area contributed by atoms with E-state index in [0.717, 1.165) is 18.8 Å². The van der Waals surface area contributed by atoms with Gasteiger partial charge in [-0.15, -0.1) is 5.10 Å². The predicted molar refractivity (Wildman–Crippen MR) is 86.5 cm³/mol. The van der Waals surface area contributed by atoms with Gasteiger partial charge in [0.25, 0.3) is 0 Å². The van der Waals surface area contributed by atoms with Crippen molar-refractivity contribution in [2.45, 2.75) is 32.7 Å². The molecule has 1 atom stereocenters. The van der Waals surface area contributed by atoms with Crippen LogP contribution in [0, 0.1) is 0 Å². The molecule has 1 N–H and O–H groups in total. The number of aromatic nitrogens is 3. The third kappa shape index (κ3) is 4.41. The van der Waals surface area contributed by atoms with Crippen LogP contribution in [0.25, 0.3) is 0 Å². The van der Waals surface area contributed by atoms with Crippen molar-refractivity contribution in [3.63, 3.8) is 0 Å². The van der Waals surface area contributed by atoms with Crippen LogP contribution in [-0.4, -0.2) is 28.8 Å². The minimum absolute atomic E-state index is 0.143. The lowest BCUT2D eigenvalue weighted by atomic mass is 10.1. The lowest BCUT2D eigenvalue weighted by Crippen LogP contribution is -2.21. The Hall–Kier alpha value is -2.17. The number of nitrogens with one attached hydrogen (secondary N) is 1. The van der Waals surface area contributed by atoms with Crippen molar-refractivity contribution in [3.05, 3.63) is 42.1 Å². The average molecular weight is 285 g/mol. The van der Waals surface area contributed by atoms with Gasteiger partial charge in [0.15, 0.2) is 5.82 Å². The lowest BCUT2D eigenvalue weighted by Gasteiger charge is -2.19. The summed E-state index contributed by atoms with van der Waals surface area (Å²) in [7, 11) is 2.03. The number of anilines is 2. The van der Waals surface area contributed by atoms with Gasteiger partial charge in [0.2, 0.25) is 5.95 Å². The molecular weight excluding hydrogens is 262 g/mol. The monoisotopic (exact) mass is 285 g/mol. The Balaban J connectivity index is 2.04. The van der Waals surface area contributed by atoms with E-state index in [4.69, 9.17) is 0 Å². The smallest absolute Gasteiger partial charge is 0.245 e. The van der Waals surface area contributed by atoms with Crippen LogP contribution in [0.3, 0.4) is 0 Å². The van der Waals surface area contributed by atoms with Crippen LogP contribution in [0.1, 0.15) is 38.3 Å². The Morgan fingerprint density at radius 2 is 2.00 bits per heavy atom. The van der Waals surface area contributed by atoms with Gasteiger partial charge < -0.3 is 10.2 Å². The van der Waals surface area contributed by atoms with Gasteiger partial charge in [-0.1, -0.05) is 43.7 Å². The van der Waals surface area contributed by atoms with E-state index in [1.165, 1.54) is 12.0 Å². The van der Waals surface area contributed by atoms with E-state index in [-0.39, 0.29) is 6.04 Å². The summed E-state index contributed by atoms with van der Waals surface area (Å²) in [6.07, 6.45) is 4.01. The molecule has 21 heavy (non-hydrogen) atoms. The first-order chi connectivity index (χ1) is 10.2. The summed E-state index contributed by atoms with van der Waals surface area (Å²) in [6, 6.07) is 10.4. The van der Waals surface area contributed by atoms with Gasteiger partial charge in [-0.3, -0.25) is 0 Å². The standard InChI is InChI=1S/C16H23N5/c1-4-5-11-21(3)15-12-17-20-16(19-15)18-13(2)14-9-7-6-8-10-14/h6-10,12-13H,4-5,11H2,1-3H3,(H,18,19,20). The van der Waals surface area contributed by atoms with E-state index in [1.54, 1.807) is 6.20 Å². The highest BCUT2D eigenvalue weighted by Crippen LogP contribution is 2.17. The second-order valence-corrected chi connectivity index (χ2v) is 5.19. The molecule has 2 rings (SSSR count). The van der Waals surface area contributed by atoms with E-state index in [1.807, 2.05) is 25.2 Å². The van der Waals surface area contributed by atoms with Crippen LogP contribution < -0.4 is 10.2 Å². The topological polar surface area (TPSA) is 53.9 Å². The fraction of sp³-hybridized carbons (Fsp3) is 0.438. The molecule has 0 spiro atoms. The molecule has 5 nitrogen and oxygen atoms in total. The van der Waals surface area contributed by atoms with Crippen LogP contribution in [0.15, 0.2) is 36.5 Å². The van der Waals surface area contributed by atoms with Gasteiger partial charge in [0.05, 0.1) is 12.2 Å². The van der Waals surface area contributed by atoms with Gasteiger partial charge in [-0.05, 0) is 18.9 Å². The van der Waals surface area contributed by atoms with Crippen molar-refractivity contribution in [2.24, 2.45) is 0 Å². The summed E-state index contributed by atoms with van der Waals surface area (Å²) in [4.78, 5) is 6.64. The van der Waals surface area contributed by atoms with E-state index >= 15 is 0 Å². The predicted octanol–water partition coefficient (Wildman–Crippen LogP) is 3.28. The van der Waals surface area contributed by atoms with Gasteiger partial charge >= 0.3 is 0 Å². The third-order valence-electron chi connectivity index (χ3n) is 3.43. The Morgan fingerprint density at radius 1 is 1.24 bits per heavy atom. The van der Waals surface area contributed by atoms with Gasteiger partial charge in [-0.2, -0.15) is 10.1 Å². The number of unbranched alkanes of at least 4 members (excludes halogenated alkanes) is 1. The molecule has 2 aromatic rings. The summed E-state index contributed by atoms with van der Waals surface area (Å²) >= 11 is 0. The van der Waals surface area contributed by atoms with E-state index in [9.17, 15) is 0 Å². The van der Waals surface area contributed by atoms with Crippen molar-refractivity contribution in [3.8, 4) is 0 Å². The van der Waals surface area contributed by atoms with Crippen molar-refractivity contribution in [2.75, 3.05) is 23.8 Å². The lowest BCUT2D eigenvalue weighted by molar-refractivity contribution is 0.751. The third-order valence-corrected chi connectivity index (χ3v) is 3.43. The first-order valence-corrected chi connectivity index (χ1v) is 7.43. The molecular formula is C16H23N5. The van der Waals surface area contributed by atoms with E-state index in [2.05, 4.69) is 51.4 Å². The second kappa shape index (κ2) is 7.57. The van der Waals surface area contributed by atoms with Crippen LogP contribution in [0.2, 0.25) is 0 Å². The SMILES string of the molecule is CCCCN(C)c1cnnc(NC(C)c2ccccc2)n1. The molecule has 0 radical (unpaired) electrons. The van der Waals surface area contributed by atoms with Crippen molar-refractivity contribution in [1.82, 2.24) is 15.2 Å². The van der Waals surface area contributed by atoms with Crippen LogP contribution in [0.4, 0.5) is 11.8 Å². The zero-order chi connectivity index (χ0) is 15.1. The number of benzene rings is 1. The molecule has 1 aromatic heterocycles. The van der Waals surface area contributed by atoms with E-state index in [0.29, 0.717) is 5.95 Å². The van der Waals surface area contributed by atoms with E-state index < -0.39 is 0 Å². The molecule has 0 saturated carbocycles. The average Bonchev–Trinajstić information content (AvgIpc) is 2.53. The molecule has 1 unspecified atom stereocenters. The highest BCUT2D eigenvalue weighted by molar-refractivity contribution is 5.40. The number of hydrogen-bond donors (Lipinski definition) is 1. The fourth-order valence-corrected chi connectivity index (χ4v) is 2.07. The molecule has 1 heterocycles. The fourth-order valence-electron chi connectivity index (χ4n) is 2.07. The first kappa shape index (κ1) is 15.2. The summed E-state index contributed by atoms with van der Waals surface area (Å²) in [5, 5.41) is 11.4. The van der Waals surface area contributed by atoms with Gasteiger partial charge in [-0.25, -0.2) is 0 Å². The minimum Gasteiger partial charge on any atom is -0.358 e. The Labute approximate surface area is 126 Å². The maximum absolute atomic E-state index is 4.53. The molecule has 0 saturated heterocycles. The van der Waals surface area contributed by atoms with Crippen molar-refractivity contribution in [1.29, 1.82) is 0 Å². The molecule has 0 amide bonds. The van der Waals surface area contributed by atoms with Gasteiger partial charge in [0, 0.05) is 13.6 Å². The maximum atomic E-state index is 4.53. The molecule has 0 aliphatic heterocycles. The molecule has 0 aliphatic carbocycles. The molecule has 0 aliphatic rings. The number of nitrogens with zero attached hydrogens (tertiary/aromatic N) is 4. The van der Waals surface area contributed by atoms with Crippen molar-refractivity contribution >= 4 is 11.8 Å². The van der Waals surface area contributed by atoms with Crippen LogP contribution >= 0.6 is 0 Å². The highest BCUT2D eigenvalue weighted by atomic mass is 15.3.